The minimum Gasteiger partial charge on any atom is -0.333 e. The SMILES string of the molecule is C1=CC2c3ccccc3N(c3ccc(N(c4ccc(C5(c6ccccc6)c6ccccc6-c6ccccc65)cc4)c4ccc5c(c4)C4(c6ccccc6-c6ccccc64)c4ccccc4-5)cc3)C2C=C1. The summed E-state index contributed by atoms with van der Waals surface area (Å²) in [6.07, 6.45) is 9.10. The van der Waals surface area contributed by atoms with E-state index in [1.165, 1.54) is 94.8 Å². The Morgan fingerprint density at radius 2 is 0.757 bits per heavy atom. The van der Waals surface area contributed by atoms with E-state index < -0.39 is 10.8 Å². The molecule has 15 rings (SSSR count). The van der Waals surface area contributed by atoms with Gasteiger partial charge in [-0.3, -0.25) is 0 Å². The summed E-state index contributed by atoms with van der Waals surface area (Å²) in [5.74, 6) is 0.322. The number of anilines is 5. The fraction of sp³-hybridized carbons (Fsp3) is 0.0588. The van der Waals surface area contributed by atoms with Gasteiger partial charge in [0.05, 0.1) is 16.9 Å². The molecule has 0 amide bonds. The highest BCUT2D eigenvalue weighted by atomic mass is 15.2. The summed E-state index contributed by atoms with van der Waals surface area (Å²) in [6.45, 7) is 0. The van der Waals surface area contributed by atoms with E-state index in [-0.39, 0.29) is 6.04 Å². The van der Waals surface area contributed by atoms with Crippen LogP contribution in [0.4, 0.5) is 28.4 Å². The van der Waals surface area contributed by atoms with Crippen molar-refractivity contribution in [2.45, 2.75) is 22.8 Å². The number of nitrogens with zero attached hydrogens (tertiary/aromatic N) is 2. The zero-order valence-electron chi connectivity index (χ0n) is 38.5. The monoisotopic (exact) mass is 890 g/mol. The number of para-hydroxylation sites is 1. The van der Waals surface area contributed by atoms with Gasteiger partial charge in [0, 0.05) is 34.4 Å². The molecular formula is C68H46N2. The highest BCUT2D eigenvalue weighted by Crippen LogP contribution is 2.64. The van der Waals surface area contributed by atoms with E-state index in [2.05, 4.69) is 277 Å². The number of allylic oxidation sites excluding steroid dienone is 2. The van der Waals surface area contributed by atoms with E-state index in [0.29, 0.717) is 5.92 Å². The van der Waals surface area contributed by atoms with Gasteiger partial charge in [-0.15, -0.1) is 0 Å². The topological polar surface area (TPSA) is 6.48 Å². The van der Waals surface area contributed by atoms with E-state index in [4.69, 9.17) is 0 Å². The van der Waals surface area contributed by atoms with Crippen molar-refractivity contribution in [3.63, 3.8) is 0 Å². The van der Waals surface area contributed by atoms with Gasteiger partial charge < -0.3 is 9.80 Å². The van der Waals surface area contributed by atoms with E-state index in [1.807, 2.05) is 0 Å². The molecule has 5 aliphatic rings. The van der Waals surface area contributed by atoms with Crippen LogP contribution < -0.4 is 9.80 Å². The Morgan fingerprint density at radius 1 is 0.329 bits per heavy atom. The highest BCUT2D eigenvalue weighted by Gasteiger charge is 2.52. The van der Waals surface area contributed by atoms with Crippen LogP contribution in [0.25, 0.3) is 33.4 Å². The van der Waals surface area contributed by atoms with Gasteiger partial charge in [-0.1, -0.05) is 212 Å². The first-order valence-corrected chi connectivity index (χ1v) is 24.7. The summed E-state index contributed by atoms with van der Waals surface area (Å²) < 4.78 is 0. The first kappa shape index (κ1) is 39.3. The molecule has 4 aliphatic carbocycles. The van der Waals surface area contributed by atoms with Crippen molar-refractivity contribution in [2.75, 3.05) is 9.80 Å². The van der Waals surface area contributed by atoms with Gasteiger partial charge in [-0.2, -0.15) is 0 Å². The van der Waals surface area contributed by atoms with Gasteiger partial charge in [-0.25, -0.2) is 0 Å². The second-order valence-corrected chi connectivity index (χ2v) is 19.4. The number of hydrogen-bond acceptors (Lipinski definition) is 2. The van der Waals surface area contributed by atoms with Crippen molar-refractivity contribution in [1.82, 2.24) is 0 Å². The second-order valence-electron chi connectivity index (χ2n) is 19.4. The molecule has 2 nitrogen and oxygen atoms in total. The molecule has 0 saturated heterocycles. The Labute approximate surface area is 409 Å². The van der Waals surface area contributed by atoms with Crippen LogP contribution >= 0.6 is 0 Å². The molecule has 328 valence electrons. The number of fused-ring (bicyclic) bond motifs is 16. The Bertz CT molecular complexity index is 3690. The molecule has 1 heterocycles. The predicted molar refractivity (Wildman–Crippen MR) is 288 cm³/mol. The summed E-state index contributed by atoms with van der Waals surface area (Å²) in [4.78, 5) is 5.00. The van der Waals surface area contributed by atoms with E-state index >= 15 is 0 Å². The molecule has 2 unspecified atom stereocenters. The second kappa shape index (κ2) is 14.9. The van der Waals surface area contributed by atoms with Crippen LogP contribution in [0.2, 0.25) is 0 Å². The van der Waals surface area contributed by atoms with Crippen LogP contribution in [-0.2, 0) is 10.8 Å². The molecule has 0 radical (unpaired) electrons. The largest absolute Gasteiger partial charge is 0.333 e. The molecule has 2 heteroatoms. The van der Waals surface area contributed by atoms with Gasteiger partial charge >= 0.3 is 0 Å². The van der Waals surface area contributed by atoms with E-state index in [0.717, 1.165) is 17.1 Å². The maximum Gasteiger partial charge on any atom is 0.0726 e. The first-order valence-electron chi connectivity index (χ1n) is 24.7. The Morgan fingerprint density at radius 3 is 1.33 bits per heavy atom. The maximum atomic E-state index is 2.52. The Balaban J connectivity index is 0.931. The summed E-state index contributed by atoms with van der Waals surface area (Å²) in [6, 6.07) is 91.6. The van der Waals surface area contributed by atoms with Crippen LogP contribution in [0.3, 0.4) is 0 Å². The Hall–Kier alpha value is -8.72. The molecule has 0 saturated carbocycles. The number of rotatable bonds is 6. The van der Waals surface area contributed by atoms with Crippen LogP contribution in [0, 0.1) is 0 Å². The molecule has 70 heavy (non-hydrogen) atoms. The summed E-state index contributed by atoms with van der Waals surface area (Å²) in [5, 5.41) is 0. The van der Waals surface area contributed by atoms with Crippen LogP contribution in [0.1, 0.15) is 56.0 Å². The lowest BCUT2D eigenvalue weighted by atomic mass is 9.67. The molecule has 0 fully saturated rings. The molecule has 0 N–H and O–H groups in total. The van der Waals surface area contributed by atoms with Crippen LogP contribution in [0.15, 0.2) is 267 Å². The van der Waals surface area contributed by atoms with Crippen molar-refractivity contribution in [3.05, 3.63) is 317 Å². The molecule has 1 aliphatic heterocycles. The zero-order valence-corrected chi connectivity index (χ0v) is 38.5. The minimum absolute atomic E-state index is 0.228. The molecule has 0 bridgehead atoms. The normalized spacial score (nSPS) is 17.2. The molecule has 10 aromatic carbocycles. The van der Waals surface area contributed by atoms with Crippen LogP contribution in [-0.4, -0.2) is 6.04 Å². The molecule has 10 aromatic rings. The summed E-state index contributed by atoms with van der Waals surface area (Å²) in [5.41, 5.74) is 24.5. The third-order valence-electron chi connectivity index (χ3n) is 16.3. The first-order chi connectivity index (χ1) is 34.7. The predicted octanol–water partition coefficient (Wildman–Crippen LogP) is 16.6. The van der Waals surface area contributed by atoms with Gasteiger partial charge in [-0.05, 0) is 138 Å². The molecule has 0 aromatic heterocycles. The average Bonchev–Trinajstić information content (AvgIpc) is 4.13. The van der Waals surface area contributed by atoms with Gasteiger partial charge in [0.1, 0.15) is 0 Å². The van der Waals surface area contributed by atoms with Gasteiger partial charge in [0.15, 0.2) is 0 Å². The molecule has 1 spiro atoms. The van der Waals surface area contributed by atoms with Crippen LogP contribution in [0.5, 0.6) is 0 Å². The van der Waals surface area contributed by atoms with Crippen molar-refractivity contribution >= 4 is 28.4 Å². The van der Waals surface area contributed by atoms with Crippen molar-refractivity contribution in [1.29, 1.82) is 0 Å². The van der Waals surface area contributed by atoms with Crippen molar-refractivity contribution < 1.29 is 0 Å². The Kier molecular flexibility index (Phi) is 8.36. The maximum absolute atomic E-state index is 2.52. The zero-order chi connectivity index (χ0) is 46.0. The lowest BCUT2D eigenvalue weighted by Crippen LogP contribution is -2.28. The van der Waals surface area contributed by atoms with Crippen molar-refractivity contribution in [3.8, 4) is 33.4 Å². The lowest BCUT2D eigenvalue weighted by molar-refractivity contribution is 0.745. The fourth-order valence-electron chi connectivity index (χ4n) is 13.6. The van der Waals surface area contributed by atoms with E-state index in [1.54, 1.807) is 0 Å². The summed E-state index contributed by atoms with van der Waals surface area (Å²) >= 11 is 0. The van der Waals surface area contributed by atoms with Gasteiger partial charge in [0.25, 0.3) is 0 Å². The average molecular weight is 891 g/mol. The smallest absolute Gasteiger partial charge is 0.0726 e. The third kappa shape index (κ3) is 5.17. The lowest BCUT2D eigenvalue weighted by Gasteiger charge is -2.35. The third-order valence-corrected chi connectivity index (χ3v) is 16.3. The van der Waals surface area contributed by atoms with Gasteiger partial charge in [0.2, 0.25) is 0 Å². The fourth-order valence-corrected chi connectivity index (χ4v) is 13.6. The quantitative estimate of drug-likeness (QED) is 0.164. The molecular weight excluding hydrogens is 845 g/mol. The standard InChI is InChI=1S/C68H46N2/c1-2-18-45(19-3-1)67(59-27-11-4-20-51(59)52-21-5-12-28-60(52)67)46-34-36-47(37-35-46)69(48-38-40-49(41-39-48)70-65-32-16-9-25-57(65)58-26-10-17-33-66(58)70)50-42-43-56-55-24-8-15-31-63(55)68(64(56)44-50)61-29-13-6-22-53(61)54-23-7-14-30-62(54)68/h1-44,57,65H. The number of hydrogen-bond donors (Lipinski definition) is 0. The van der Waals surface area contributed by atoms with Crippen molar-refractivity contribution in [2.24, 2.45) is 0 Å². The molecule has 2 atom stereocenters. The highest BCUT2D eigenvalue weighted by molar-refractivity contribution is 5.96. The summed E-state index contributed by atoms with van der Waals surface area (Å²) in [7, 11) is 0. The minimum atomic E-state index is -0.485. The number of benzene rings is 10. The van der Waals surface area contributed by atoms with E-state index in [9.17, 15) is 0 Å².